The predicted octanol–water partition coefficient (Wildman–Crippen LogP) is 3.03. The highest BCUT2D eigenvalue weighted by Crippen LogP contribution is 2.30. The summed E-state index contributed by atoms with van der Waals surface area (Å²) < 4.78 is 0. The van der Waals surface area contributed by atoms with Crippen molar-refractivity contribution in [1.29, 1.82) is 0 Å². The Bertz CT molecular complexity index is 418. The Morgan fingerprint density at radius 1 is 1.00 bits per heavy atom. The average Bonchev–Trinajstić information content (AvgIpc) is 2.37. The highest BCUT2D eigenvalue weighted by atomic mass is 15.2. The van der Waals surface area contributed by atoms with Crippen molar-refractivity contribution in [2.45, 2.75) is 32.6 Å². The Hall–Kier alpha value is -1.02. The van der Waals surface area contributed by atoms with Gasteiger partial charge in [-0.2, -0.15) is 0 Å². The standard InChI is InChI=1S/C17H26N2/c1-17(2,3)15-4-6-16(7-5-15)19-11-13-8-14(12-19)10-18-9-13/h4-7,13-14,18H,8-12H2,1-3H3. The number of nitrogens with one attached hydrogen (secondary N) is 1. The van der Waals surface area contributed by atoms with Crippen molar-refractivity contribution in [3.63, 3.8) is 0 Å². The number of nitrogens with zero attached hydrogens (tertiary/aromatic N) is 1. The van der Waals surface area contributed by atoms with Gasteiger partial charge in [-0.05, 0) is 54.5 Å². The van der Waals surface area contributed by atoms with E-state index >= 15 is 0 Å². The summed E-state index contributed by atoms with van der Waals surface area (Å²) in [6.07, 6.45) is 1.42. The van der Waals surface area contributed by atoms with Crippen LogP contribution in [0.15, 0.2) is 24.3 Å². The maximum Gasteiger partial charge on any atom is 0.0366 e. The molecule has 1 N–H and O–H groups in total. The van der Waals surface area contributed by atoms with Crippen molar-refractivity contribution in [2.75, 3.05) is 31.1 Å². The third-order valence-corrected chi connectivity index (χ3v) is 4.59. The highest BCUT2D eigenvalue weighted by molar-refractivity contribution is 5.49. The smallest absolute Gasteiger partial charge is 0.0366 e. The first-order valence-corrected chi connectivity index (χ1v) is 7.58. The van der Waals surface area contributed by atoms with Crippen LogP contribution in [0, 0.1) is 11.8 Å². The van der Waals surface area contributed by atoms with Crippen LogP contribution in [0.3, 0.4) is 0 Å². The lowest BCUT2D eigenvalue weighted by molar-refractivity contribution is 0.250. The Kier molecular flexibility index (Phi) is 3.30. The number of anilines is 1. The van der Waals surface area contributed by atoms with Crippen molar-refractivity contribution in [2.24, 2.45) is 11.8 Å². The highest BCUT2D eigenvalue weighted by Gasteiger charge is 2.30. The molecule has 2 heteroatoms. The number of piperidine rings is 2. The van der Waals surface area contributed by atoms with E-state index in [4.69, 9.17) is 0 Å². The summed E-state index contributed by atoms with van der Waals surface area (Å²) in [7, 11) is 0. The molecule has 2 unspecified atom stereocenters. The summed E-state index contributed by atoms with van der Waals surface area (Å²) in [4.78, 5) is 2.59. The van der Waals surface area contributed by atoms with Gasteiger partial charge >= 0.3 is 0 Å². The predicted molar refractivity (Wildman–Crippen MR) is 81.8 cm³/mol. The van der Waals surface area contributed by atoms with Crippen molar-refractivity contribution in [3.05, 3.63) is 29.8 Å². The summed E-state index contributed by atoms with van der Waals surface area (Å²) in [5.41, 5.74) is 3.08. The monoisotopic (exact) mass is 258 g/mol. The minimum absolute atomic E-state index is 0.251. The summed E-state index contributed by atoms with van der Waals surface area (Å²) in [5, 5.41) is 3.56. The van der Waals surface area contributed by atoms with Crippen LogP contribution in [0.25, 0.3) is 0 Å². The Labute approximate surface area is 117 Å². The van der Waals surface area contributed by atoms with E-state index in [0.29, 0.717) is 0 Å². The first-order valence-electron chi connectivity index (χ1n) is 7.58. The van der Waals surface area contributed by atoms with E-state index in [1.54, 1.807) is 0 Å². The third-order valence-electron chi connectivity index (χ3n) is 4.59. The third kappa shape index (κ3) is 2.79. The molecule has 0 spiro atoms. The zero-order valence-electron chi connectivity index (χ0n) is 12.4. The number of hydrogen-bond acceptors (Lipinski definition) is 2. The lowest BCUT2D eigenvalue weighted by Gasteiger charge is -2.43. The molecule has 1 aromatic rings. The van der Waals surface area contributed by atoms with E-state index in [1.807, 2.05) is 0 Å². The van der Waals surface area contributed by atoms with Gasteiger partial charge in [-0.25, -0.2) is 0 Å². The Morgan fingerprint density at radius 2 is 1.58 bits per heavy atom. The molecule has 2 heterocycles. The molecule has 2 aliphatic rings. The summed E-state index contributed by atoms with van der Waals surface area (Å²) >= 11 is 0. The lowest BCUT2D eigenvalue weighted by atomic mass is 9.85. The Morgan fingerprint density at radius 3 is 2.11 bits per heavy atom. The summed E-state index contributed by atoms with van der Waals surface area (Å²) in [5.74, 6) is 1.68. The van der Waals surface area contributed by atoms with Crippen LogP contribution in [0.4, 0.5) is 5.69 Å². The van der Waals surface area contributed by atoms with Gasteiger partial charge in [-0.1, -0.05) is 32.9 Å². The van der Waals surface area contributed by atoms with Gasteiger partial charge in [0.1, 0.15) is 0 Å². The van der Waals surface area contributed by atoms with E-state index < -0.39 is 0 Å². The first-order chi connectivity index (χ1) is 9.02. The van der Waals surface area contributed by atoms with Crippen LogP contribution < -0.4 is 10.2 Å². The van der Waals surface area contributed by atoms with Gasteiger partial charge in [-0.15, -0.1) is 0 Å². The maximum absolute atomic E-state index is 3.56. The quantitative estimate of drug-likeness (QED) is 0.833. The van der Waals surface area contributed by atoms with E-state index in [0.717, 1.165) is 11.8 Å². The SMILES string of the molecule is CC(C)(C)c1ccc(N2CC3CNCC(C3)C2)cc1. The van der Waals surface area contributed by atoms with Crippen molar-refractivity contribution >= 4 is 5.69 Å². The number of rotatable bonds is 1. The lowest BCUT2D eigenvalue weighted by Crippen LogP contribution is -2.51. The molecular formula is C17H26N2. The molecule has 2 aliphatic heterocycles. The topological polar surface area (TPSA) is 15.3 Å². The molecule has 0 saturated carbocycles. The molecule has 0 amide bonds. The molecule has 3 rings (SSSR count). The van der Waals surface area contributed by atoms with E-state index in [2.05, 4.69) is 55.3 Å². The molecule has 2 nitrogen and oxygen atoms in total. The van der Waals surface area contributed by atoms with Gasteiger partial charge in [0.25, 0.3) is 0 Å². The molecular weight excluding hydrogens is 232 g/mol. The Balaban J connectivity index is 1.75. The van der Waals surface area contributed by atoms with Crippen molar-refractivity contribution < 1.29 is 0 Å². The largest absolute Gasteiger partial charge is 0.371 e. The van der Waals surface area contributed by atoms with Crippen LogP contribution in [-0.2, 0) is 5.41 Å². The van der Waals surface area contributed by atoms with E-state index in [1.165, 1.54) is 43.9 Å². The van der Waals surface area contributed by atoms with Crippen LogP contribution in [0.2, 0.25) is 0 Å². The number of fused-ring (bicyclic) bond motifs is 2. The minimum Gasteiger partial charge on any atom is -0.371 e. The second-order valence-electron chi connectivity index (χ2n) is 7.33. The van der Waals surface area contributed by atoms with Gasteiger partial charge in [0.2, 0.25) is 0 Å². The van der Waals surface area contributed by atoms with Crippen LogP contribution in [0.5, 0.6) is 0 Å². The fourth-order valence-corrected chi connectivity index (χ4v) is 3.49. The van der Waals surface area contributed by atoms with Crippen molar-refractivity contribution in [3.8, 4) is 0 Å². The summed E-state index contributed by atoms with van der Waals surface area (Å²) in [6, 6.07) is 9.24. The number of benzene rings is 1. The van der Waals surface area contributed by atoms with Gasteiger partial charge in [-0.3, -0.25) is 0 Å². The maximum atomic E-state index is 3.56. The second-order valence-corrected chi connectivity index (χ2v) is 7.33. The summed E-state index contributed by atoms with van der Waals surface area (Å²) in [6.45, 7) is 11.7. The zero-order valence-corrected chi connectivity index (χ0v) is 12.4. The molecule has 2 bridgehead atoms. The average molecular weight is 258 g/mol. The van der Waals surface area contributed by atoms with Crippen LogP contribution in [-0.4, -0.2) is 26.2 Å². The molecule has 2 saturated heterocycles. The fraction of sp³-hybridized carbons (Fsp3) is 0.647. The molecule has 0 aromatic heterocycles. The molecule has 1 aromatic carbocycles. The van der Waals surface area contributed by atoms with Crippen LogP contribution >= 0.6 is 0 Å². The molecule has 2 fully saturated rings. The molecule has 0 radical (unpaired) electrons. The minimum atomic E-state index is 0.251. The number of hydrogen-bond donors (Lipinski definition) is 1. The van der Waals surface area contributed by atoms with Crippen LogP contribution in [0.1, 0.15) is 32.8 Å². The van der Waals surface area contributed by atoms with Gasteiger partial charge < -0.3 is 10.2 Å². The van der Waals surface area contributed by atoms with Gasteiger partial charge in [0.05, 0.1) is 0 Å². The molecule has 0 aliphatic carbocycles. The first kappa shape index (κ1) is 13.0. The van der Waals surface area contributed by atoms with Crippen molar-refractivity contribution in [1.82, 2.24) is 5.32 Å². The molecule has 104 valence electrons. The van der Waals surface area contributed by atoms with E-state index in [-0.39, 0.29) is 5.41 Å². The fourth-order valence-electron chi connectivity index (χ4n) is 3.49. The zero-order chi connectivity index (χ0) is 13.5. The van der Waals surface area contributed by atoms with Gasteiger partial charge in [0, 0.05) is 18.8 Å². The molecule has 2 atom stereocenters. The van der Waals surface area contributed by atoms with E-state index in [9.17, 15) is 0 Å². The molecule has 19 heavy (non-hydrogen) atoms. The normalized spacial score (nSPS) is 27.4. The second kappa shape index (κ2) is 4.82. The van der Waals surface area contributed by atoms with Gasteiger partial charge in [0.15, 0.2) is 0 Å².